The quantitative estimate of drug-likeness (QED) is 0.161. The van der Waals surface area contributed by atoms with Crippen LogP contribution >= 0.6 is 0 Å². The number of likely N-dealkylation sites (N-methyl/N-ethyl adjacent to an activating group) is 1. The van der Waals surface area contributed by atoms with Crippen molar-refractivity contribution < 1.29 is 9.53 Å². The molecule has 2 saturated heterocycles. The number of amides is 2. The topological polar surface area (TPSA) is 152 Å². The van der Waals surface area contributed by atoms with Crippen LogP contribution in [0.25, 0.3) is 0 Å². The maximum atomic E-state index is 13.7. The Labute approximate surface area is 327 Å². The largest absolute Gasteiger partial charge is 0.484 e. The van der Waals surface area contributed by atoms with Crippen LogP contribution in [0.5, 0.6) is 0 Å². The third-order valence-electron chi connectivity index (χ3n) is 11.3. The number of aliphatic imine (C=N–C) groups is 1. The third kappa shape index (κ3) is 10.6. The molecule has 2 aromatic carbocycles. The van der Waals surface area contributed by atoms with E-state index in [9.17, 15) is 4.79 Å². The SMILES string of the molecule is CC1CCCCN1C(=N)N1C=C(OC2CCC(NC(=O)NC(C=C(N)C(C)(C)C)=Nc3cccc(CCN4CCN(C)CC4)c3)c3ccccc32)C=CC1N. The zero-order chi connectivity index (χ0) is 39.1. The van der Waals surface area contributed by atoms with E-state index in [2.05, 4.69) is 63.6 Å². The Kier molecular flexibility index (Phi) is 13.0. The standard InChI is InChI=1S/C43H62N10O2/c1-30-11-8-9-21-52(30)41(46)53-29-33(16-19-39(53)45)55-37-18-17-36(34-14-6-7-15-35(34)37)48-42(54)49-40(28-38(44)43(2,3)4)47-32-13-10-12-31(27-32)20-22-51-25-23-50(5)24-26-51/h6-7,10,12-16,19,27-30,36-37,39,46H,8-9,11,17-18,20-26,44-45H2,1-5H3,(H2,47,48,49,54). The third-order valence-corrected chi connectivity index (χ3v) is 11.3. The summed E-state index contributed by atoms with van der Waals surface area (Å²) in [6, 6.07) is 16.0. The maximum Gasteiger partial charge on any atom is 0.320 e. The predicted molar refractivity (Wildman–Crippen MR) is 222 cm³/mol. The Bertz CT molecular complexity index is 1790. The fourth-order valence-corrected chi connectivity index (χ4v) is 7.62. The number of ether oxygens (including phenoxy) is 1. The normalized spacial score (nSPS) is 24.2. The van der Waals surface area contributed by atoms with Crippen molar-refractivity contribution in [2.24, 2.45) is 21.9 Å². The lowest BCUT2D eigenvalue weighted by Crippen LogP contribution is -2.53. The number of guanidine groups is 1. The summed E-state index contributed by atoms with van der Waals surface area (Å²) in [7, 11) is 2.18. The zero-order valence-corrected chi connectivity index (χ0v) is 33.4. The van der Waals surface area contributed by atoms with Gasteiger partial charge in [0.25, 0.3) is 0 Å². The molecule has 4 aliphatic rings. The minimum atomic E-state index is -0.433. The van der Waals surface area contributed by atoms with Crippen LogP contribution in [-0.2, 0) is 11.2 Å². The molecule has 296 valence electrons. The summed E-state index contributed by atoms with van der Waals surface area (Å²) in [6.07, 6.45) is 12.4. The van der Waals surface area contributed by atoms with Gasteiger partial charge in [0.2, 0.25) is 0 Å². The van der Waals surface area contributed by atoms with Crippen molar-refractivity contribution in [3.8, 4) is 0 Å². The van der Waals surface area contributed by atoms with Crippen molar-refractivity contribution in [1.82, 2.24) is 30.2 Å². The summed E-state index contributed by atoms with van der Waals surface area (Å²) in [5.74, 6) is 1.45. The van der Waals surface area contributed by atoms with Gasteiger partial charge in [-0.25, -0.2) is 9.79 Å². The molecule has 0 radical (unpaired) electrons. The summed E-state index contributed by atoms with van der Waals surface area (Å²) >= 11 is 0. The monoisotopic (exact) mass is 751 g/mol. The molecule has 12 heteroatoms. The van der Waals surface area contributed by atoms with Crippen molar-refractivity contribution in [3.63, 3.8) is 0 Å². The first kappa shape index (κ1) is 40.0. The number of likely N-dealkylation sites (tertiary alicyclic amines) is 1. The van der Waals surface area contributed by atoms with E-state index in [4.69, 9.17) is 26.6 Å². The number of urea groups is 1. The molecule has 0 aromatic heterocycles. The molecule has 0 saturated carbocycles. The summed E-state index contributed by atoms with van der Waals surface area (Å²) < 4.78 is 6.62. The molecule has 4 atom stereocenters. The Morgan fingerprint density at radius 3 is 2.53 bits per heavy atom. The Morgan fingerprint density at radius 1 is 1.02 bits per heavy atom. The molecule has 6 rings (SSSR count). The molecule has 1 aliphatic carbocycles. The Morgan fingerprint density at radius 2 is 1.78 bits per heavy atom. The number of carbonyl (C=O) groups is 1. The van der Waals surface area contributed by atoms with Gasteiger partial charge < -0.3 is 36.2 Å². The molecular formula is C43H62N10O2. The molecule has 55 heavy (non-hydrogen) atoms. The fourth-order valence-electron chi connectivity index (χ4n) is 7.62. The number of nitrogens with one attached hydrogen (secondary N) is 3. The van der Waals surface area contributed by atoms with Crippen LogP contribution in [0.15, 0.2) is 89.4 Å². The number of piperazine rings is 1. The van der Waals surface area contributed by atoms with E-state index in [1.807, 2.05) is 63.4 Å². The van der Waals surface area contributed by atoms with Crippen LogP contribution in [-0.4, -0.2) is 95.9 Å². The van der Waals surface area contributed by atoms with E-state index in [0.717, 1.165) is 75.3 Å². The number of piperidine rings is 1. The highest BCUT2D eigenvalue weighted by Gasteiger charge is 2.32. The van der Waals surface area contributed by atoms with Gasteiger partial charge in [-0.15, -0.1) is 0 Å². The van der Waals surface area contributed by atoms with E-state index >= 15 is 0 Å². The fraction of sp³-hybridized carbons (Fsp3) is 0.512. The van der Waals surface area contributed by atoms with Crippen LogP contribution in [0, 0.1) is 10.8 Å². The lowest BCUT2D eigenvalue weighted by molar-refractivity contribution is 0.0976. The molecule has 3 heterocycles. The average Bonchev–Trinajstić information content (AvgIpc) is 3.16. The first-order valence-corrected chi connectivity index (χ1v) is 20.0. The number of nitrogens with zero attached hydrogens (tertiary/aromatic N) is 5. The molecule has 2 fully saturated rings. The van der Waals surface area contributed by atoms with E-state index in [1.165, 1.54) is 12.0 Å². The second-order valence-corrected chi connectivity index (χ2v) is 16.5. The van der Waals surface area contributed by atoms with Crippen molar-refractivity contribution in [2.45, 2.75) is 90.6 Å². The van der Waals surface area contributed by atoms with Crippen LogP contribution < -0.4 is 22.1 Å². The molecule has 0 spiro atoms. The molecule has 2 aromatic rings. The van der Waals surface area contributed by atoms with E-state index in [1.54, 1.807) is 11.0 Å². The van der Waals surface area contributed by atoms with Crippen LogP contribution in [0.3, 0.4) is 0 Å². The molecule has 3 aliphatic heterocycles. The summed E-state index contributed by atoms with van der Waals surface area (Å²) in [5.41, 5.74) is 17.3. The predicted octanol–water partition coefficient (Wildman–Crippen LogP) is 6.09. The number of rotatable bonds is 8. The smallest absolute Gasteiger partial charge is 0.320 e. The van der Waals surface area contributed by atoms with Gasteiger partial charge in [-0.2, -0.15) is 0 Å². The Balaban J connectivity index is 1.13. The molecular weight excluding hydrogens is 689 g/mol. The Hall–Kier alpha value is -4.65. The van der Waals surface area contributed by atoms with Gasteiger partial charge in [-0.05, 0) is 93.5 Å². The molecule has 12 nitrogen and oxygen atoms in total. The summed E-state index contributed by atoms with van der Waals surface area (Å²) in [5, 5.41) is 15.2. The van der Waals surface area contributed by atoms with E-state index in [-0.39, 0.29) is 23.6 Å². The van der Waals surface area contributed by atoms with Crippen molar-refractivity contribution in [3.05, 3.63) is 101 Å². The van der Waals surface area contributed by atoms with Crippen molar-refractivity contribution in [2.75, 3.05) is 46.3 Å². The van der Waals surface area contributed by atoms with Gasteiger partial charge in [0.15, 0.2) is 5.96 Å². The lowest BCUT2D eigenvalue weighted by atomic mass is 9.85. The van der Waals surface area contributed by atoms with Crippen LogP contribution in [0.1, 0.15) is 88.6 Å². The molecule has 2 amide bonds. The first-order valence-electron chi connectivity index (χ1n) is 20.0. The zero-order valence-electron chi connectivity index (χ0n) is 33.4. The van der Waals surface area contributed by atoms with Gasteiger partial charge in [0.05, 0.1) is 17.9 Å². The van der Waals surface area contributed by atoms with Crippen LogP contribution in [0.2, 0.25) is 0 Å². The maximum absolute atomic E-state index is 13.7. The number of carbonyl (C=O) groups excluding carboxylic acids is 1. The number of hydrogen-bond acceptors (Lipinski definition) is 8. The lowest BCUT2D eigenvalue weighted by Gasteiger charge is -2.41. The average molecular weight is 751 g/mol. The number of hydrogen-bond donors (Lipinski definition) is 5. The van der Waals surface area contributed by atoms with E-state index in [0.29, 0.717) is 42.1 Å². The number of nitrogens with two attached hydrogens (primary N) is 2. The highest BCUT2D eigenvalue weighted by atomic mass is 16.5. The van der Waals surface area contributed by atoms with E-state index < -0.39 is 6.17 Å². The number of benzene rings is 2. The summed E-state index contributed by atoms with van der Waals surface area (Å²) in [6.45, 7) is 14.5. The first-order chi connectivity index (χ1) is 26.3. The minimum absolute atomic E-state index is 0.220. The highest BCUT2D eigenvalue weighted by molar-refractivity contribution is 6.05. The minimum Gasteiger partial charge on any atom is -0.484 e. The van der Waals surface area contributed by atoms with Gasteiger partial charge in [0.1, 0.15) is 23.9 Å². The van der Waals surface area contributed by atoms with Crippen molar-refractivity contribution >= 4 is 23.5 Å². The van der Waals surface area contributed by atoms with Gasteiger partial charge in [-0.1, -0.05) is 57.2 Å². The number of allylic oxidation sites excluding steroid dienone is 2. The van der Waals surface area contributed by atoms with Gasteiger partial charge in [0, 0.05) is 62.5 Å². The second-order valence-electron chi connectivity index (χ2n) is 16.5. The van der Waals surface area contributed by atoms with Gasteiger partial charge >= 0.3 is 6.03 Å². The van der Waals surface area contributed by atoms with Crippen LogP contribution in [0.4, 0.5) is 10.5 Å². The molecule has 4 unspecified atom stereocenters. The second kappa shape index (κ2) is 17.9. The molecule has 7 N–H and O–H groups in total. The highest BCUT2D eigenvalue weighted by Crippen LogP contribution is 2.40. The molecule has 0 bridgehead atoms. The summed E-state index contributed by atoms with van der Waals surface area (Å²) in [4.78, 5) is 27.4. The van der Waals surface area contributed by atoms with Gasteiger partial charge in [-0.3, -0.25) is 15.6 Å². The number of fused-ring (bicyclic) bond motifs is 1. The number of amidine groups is 1. The van der Waals surface area contributed by atoms with Crippen molar-refractivity contribution in [1.29, 1.82) is 5.41 Å².